The highest BCUT2D eigenvalue weighted by Crippen LogP contribution is 2.31. The van der Waals surface area contributed by atoms with Crippen molar-refractivity contribution in [1.29, 1.82) is 0 Å². The van der Waals surface area contributed by atoms with Gasteiger partial charge < -0.3 is 10.6 Å². The third kappa shape index (κ3) is 14.5. The van der Waals surface area contributed by atoms with Crippen LogP contribution in [0, 0.1) is 18.8 Å². The molecule has 0 heterocycles. The van der Waals surface area contributed by atoms with Gasteiger partial charge in [0.05, 0.1) is 0 Å². The molecule has 5 heteroatoms. The smallest absolute Gasteiger partial charge is 0.142 e. The monoisotopic (exact) mass is 599 g/mol. The minimum atomic E-state index is -0.646. The summed E-state index contributed by atoms with van der Waals surface area (Å²) in [6, 6.07) is 11.2. The second-order valence-corrected chi connectivity index (χ2v) is 9.73. The van der Waals surface area contributed by atoms with Gasteiger partial charge in [0.2, 0.25) is 0 Å². The van der Waals surface area contributed by atoms with E-state index in [1.165, 1.54) is 12.0 Å². The van der Waals surface area contributed by atoms with Crippen LogP contribution in [0.5, 0.6) is 0 Å². The van der Waals surface area contributed by atoms with Crippen molar-refractivity contribution in [2.75, 3.05) is 7.05 Å². The van der Waals surface area contributed by atoms with Gasteiger partial charge in [-0.3, -0.25) is 0 Å². The van der Waals surface area contributed by atoms with E-state index >= 15 is 0 Å². The lowest BCUT2D eigenvalue weighted by molar-refractivity contribution is 0.574. The van der Waals surface area contributed by atoms with E-state index in [0.29, 0.717) is 11.1 Å². The number of hydrogen-bond donors (Lipinski definition) is 2. The second kappa shape index (κ2) is 26.0. The van der Waals surface area contributed by atoms with Gasteiger partial charge in [0.25, 0.3) is 0 Å². The molecule has 0 saturated heterocycles. The quantitative estimate of drug-likeness (QED) is 0.199. The van der Waals surface area contributed by atoms with E-state index in [-0.39, 0.29) is 0 Å². The SMILES string of the molecule is C=C(NC(=C)c1cc(C(N=O)c2ccc(C)c(Cl)c2)ccc1C)/C(C)=C(\C)C(CCC)NC.CC.CC.CC.CCC. The lowest BCUT2D eigenvalue weighted by Crippen LogP contribution is -2.27. The fourth-order valence-electron chi connectivity index (χ4n) is 3.94. The molecule has 0 aromatic heterocycles. The summed E-state index contributed by atoms with van der Waals surface area (Å²) in [7, 11) is 1.99. The molecule has 2 unspecified atom stereocenters. The average Bonchev–Trinajstić information content (AvgIpc) is 3.01. The number of rotatable bonds is 11. The van der Waals surface area contributed by atoms with E-state index in [1.54, 1.807) is 0 Å². The van der Waals surface area contributed by atoms with Crippen molar-refractivity contribution >= 4 is 17.3 Å². The van der Waals surface area contributed by atoms with E-state index in [1.807, 2.05) is 98.8 Å². The highest BCUT2D eigenvalue weighted by Gasteiger charge is 2.18. The molecule has 42 heavy (non-hydrogen) atoms. The lowest BCUT2D eigenvalue weighted by atomic mass is 9.94. The minimum absolute atomic E-state index is 0.313. The minimum Gasteiger partial charge on any atom is -0.356 e. The maximum absolute atomic E-state index is 11.8. The third-order valence-corrected chi connectivity index (χ3v) is 6.72. The van der Waals surface area contributed by atoms with Crippen molar-refractivity contribution in [3.05, 3.63) is 104 Å². The maximum Gasteiger partial charge on any atom is 0.142 e. The van der Waals surface area contributed by atoms with Gasteiger partial charge in [0.15, 0.2) is 0 Å². The van der Waals surface area contributed by atoms with Crippen LogP contribution in [0.25, 0.3) is 5.70 Å². The topological polar surface area (TPSA) is 53.5 Å². The summed E-state index contributed by atoms with van der Waals surface area (Å²) in [4.78, 5) is 11.8. The van der Waals surface area contributed by atoms with Crippen LogP contribution in [0.15, 0.2) is 71.6 Å². The van der Waals surface area contributed by atoms with Crippen LogP contribution in [0.4, 0.5) is 0 Å². The van der Waals surface area contributed by atoms with Crippen LogP contribution < -0.4 is 10.6 Å². The van der Waals surface area contributed by atoms with Crippen molar-refractivity contribution in [3.63, 3.8) is 0 Å². The summed E-state index contributed by atoms with van der Waals surface area (Å²) >= 11 is 6.29. The molecular weight excluding hydrogens is 538 g/mol. The molecule has 4 nitrogen and oxygen atoms in total. The van der Waals surface area contributed by atoms with Crippen LogP contribution >= 0.6 is 11.6 Å². The third-order valence-electron chi connectivity index (χ3n) is 6.31. The van der Waals surface area contributed by atoms with Crippen LogP contribution in [0.1, 0.15) is 129 Å². The van der Waals surface area contributed by atoms with E-state index in [9.17, 15) is 4.91 Å². The Bertz CT molecular complexity index is 1090. The number of nitrogens with one attached hydrogen (secondary N) is 2. The molecule has 0 amide bonds. The van der Waals surface area contributed by atoms with Crippen LogP contribution in [0.3, 0.4) is 0 Å². The van der Waals surface area contributed by atoms with Gasteiger partial charge in [0.1, 0.15) is 6.04 Å². The fraction of sp³-hybridized carbons (Fsp3) is 0.514. The molecule has 0 spiro atoms. The summed E-state index contributed by atoms with van der Waals surface area (Å²) in [5, 5.41) is 10.8. The second-order valence-electron chi connectivity index (χ2n) is 9.32. The average molecular weight is 600 g/mol. The first-order valence-corrected chi connectivity index (χ1v) is 16.1. The fourth-order valence-corrected chi connectivity index (χ4v) is 4.13. The molecule has 0 saturated carbocycles. The van der Waals surface area contributed by atoms with Crippen molar-refractivity contribution < 1.29 is 0 Å². The number of nitroso groups, excluding NO2 is 1. The molecule has 0 aliphatic heterocycles. The summed E-state index contributed by atoms with van der Waals surface area (Å²) < 4.78 is 0. The normalized spacial score (nSPS) is 11.6. The van der Waals surface area contributed by atoms with E-state index in [4.69, 9.17) is 11.6 Å². The Hall–Kier alpha value is -2.69. The lowest BCUT2D eigenvalue weighted by Gasteiger charge is -2.22. The summed E-state index contributed by atoms with van der Waals surface area (Å²) in [6.07, 6.45) is 3.42. The van der Waals surface area contributed by atoms with Gasteiger partial charge >= 0.3 is 0 Å². The van der Waals surface area contributed by atoms with Crippen LogP contribution in [-0.2, 0) is 0 Å². The number of allylic oxidation sites excluding steroid dienone is 1. The highest BCUT2D eigenvalue weighted by atomic mass is 35.5. The molecule has 0 radical (unpaired) electrons. The van der Waals surface area contributed by atoms with Gasteiger partial charge in [-0.1, -0.05) is 135 Å². The number of nitrogens with zero attached hydrogens (tertiary/aromatic N) is 1. The van der Waals surface area contributed by atoms with Gasteiger partial charge in [-0.2, -0.15) is 0 Å². The zero-order valence-corrected chi connectivity index (χ0v) is 30.1. The predicted octanol–water partition coefficient (Wildman–Crippen LogP) is 12.1. The Kier molecular flexibility index (Phi) is 27.1. The maximum atomic E-state index is 11.8. The molecular formula is C37H62ClN3O. The van der Waals surface area contributed by atoms with Crippen LogP contribution in [-0.4, -0.2) is 13.1 Å². The molecule has 0 fully saturated rings. The van der Waals surface area contributed by atoms with Crippen molar-refractivity contribution in [3.8, 4) is 0 Å². The summed E-state index contributed by atoms with van der Waals surface area (Å²) in [6.45, 7) is 35.1. The first-order chi connectivity index (χ1) is 20.1. The van der Waals surface area contributed by atoms with Crippen molar-refractivity contribution in [2.24, 2.45) is 5.18 Å². The number of halogens is 1. The molecule has 2 aromatic carbocycles. The van der Waals surface area contributed by atoms with Gasteiger partial charge in [0, 0.05) is 28.0 Å². The molecule has 2 aromatic rings. The zero-order chi connectivity index (χ0) is 33.4. The van der Waals surface area contributed by atoms with Gasteiger partial charge in [-0.25, -0.2) is 0 Å². The Labute approximate surface area is 265 Å². The Morgan fingerprint density at radius 2 is 1.36 bits per heavy atom. The Morgan fingerprint density at radius 3 is 1.79 bits per heavy atom. The van der Waals surface area contributed by atoms with Gasteiger partial charge in [-0.05, 0) is 81.1 Å². The molecule has 0 aliphatic carbocycles. The summed E-state index contributed by atoms with van der Waals surface area (Å²) in [5.74, 6) is 0. The summed E-state index contributed by atoms with van der Waals surface area (Å²) in [5.41, 5.74) is 8.41. The van der Waals surface area contributed by atoms with Crippen molar-refractivity contribution in [1.82, 2.24) is 10.6 Å². The zero-order valence-electron chi connectivity index (χ0n) is 29.4. The molecule has 2 rings (SSSR count). The standard InChI is InChI=1S/C28H36ClN3O.C3H8.3C2H6/c1-9-10-27(30-8)20(5)19(4)21(6)31-22(7)25-15-23(13-11-17(25)2)28(32-33)24-14-12-18(3)26(29)16-24;1-3-2;3*1-2/h11-16,27-28,30-31H,6-7,9-10H2,1-5,8H3;3H2,1-2H3;3*1-2H3/b20-19+;;;;. The Balaban J connectivity index is -0.00000152. The molecule has 2 N–H and O–H groups in total. The molecule has 0 bridgehead atoms. The Morgan fingerprint density at radius 1 is 0.881 bits per heavy atom. The first-order valence-electron chi connectivity index (χ1n) is 15.7. The van der Waals surface area contributed by atoms with Crippen LogP contribution in [0.2, 0.25) is 5.02 Å². The van der Waals surface area contributed by atoms with E-state index in [0.717, 1.165) is 57.6 Å². The van der Waals surface area contributed by atoms with Crippen molar-refractivity contribution in [2.45, 2.75) is 121 Å². The van der Waals surface area contributed by atoms with E-state index < -0.39 is 6.04 Å². The number of hydrogen-bond acceptors (Lipinski definition) is 4. The molecule has 0 aliphatic rings. The molecule has 2 atom stereocenters. The van der Waals surface area contributed by atoms with E-state index in [2.05, 4.69) is 63.6 Å². The predicted molar refractivity (Wildman–Crippen MR) is 192 cm³/mol. The highest BCUT2D eigenvalue weighted by molar-refractivity contribution is 6.31. The largest absolute Gasteiger partial charge is 0.356 e. The number of benzene rings is 2. The van der Waals surface area contributed by atoms with Gasteiger partial charge in [-0.15, -0.1) is 4.91 Å². The number of likely N-dealkylation sites (N-methyl/N-ethyl adjacent to an activating group) is 1. The number of aryl methyl sites for hydroxylation is 2. The first kappa shape index (κ1) is 43.8. The molecule has 238 valence electrons.